The summed E-state index contributed by atoms with van der Waals surface area (Å²) in [4.78, 5) is 32.4. The molecule has 0 spiro atoms. The number of carbonyl (C=O) groups excluding carboxylic acids is 1. The van der Waals surface area contributed by atoms with E-state index >= 15 is 0 Å². The lowest BCUT2D eigenvalue weighted by molar-refractivity contribution is 0.0723. The molecule has 2 aliphatic rings. The molecule has 7 nitrogen and oxygen atoms in total. The molecule has 0 atom stereocenters. The highest BCUT2D eigenvalue weighted by Crippen LogP contribution is 2.30. The van der Waals surface area contributed by atoms with Gasteiger partial charge in [0.2, 0.25) is 0 Å². The molecule has 0 unspecified atom stereocenters. The lowest BCUT2D eigenvalue weighted by atomic mass is 10.0. The van der Waals surface area contributed by atoms with Crippen LogP contribution in [0.4, 0.5) is 0 Å². The average Bonchev–Trinajstić information content (AvgIpc) is 3.20. The minimum absolute atomic E-state index is 0.197. The largest absolute Gasteiger partial charge is 0.445 e. The van der Waals surface area contributed by atoms with E-state index in [0.717, 1.165) is 54.3 Å². The van der Waals surface area contributed by atoms with Crippen molar-refractivity contribution in [3.63, 3.8) is 0 Å². The van der Waals surface area contributed by atoms with Crippen LogP contribution in [0.25, 0.3) is 10.9 Å². The third-order valence-electron chi connectivity index (χ3n) is 5.97. The van der Waals surface area contributed by atoms with Crippen molar-refractivity contribution in [3.8, 4) is 0 Å². The highest BCUT2D eigenvalue weighted by molar-refractivity contribution is 5.97. The number of oxazole rings is 1. The minimum Gasteiger partial charge on any atom is -0.445 e. The Bertz CT molecular complexity index is 1140. The van der Waals surface area contributed by atoms with Gasteiger partial charge in [-0.15, -0.1) is 0 Å². The van der Waals surface area contributed by atoms with Gasteiger partial charge in [-0.05, 0) is 30.4 Å². The van der Waals surface area contributed by atoms with Crippen molar-refractivity contribution in [2.24, 2.45) is 7.05 Å². The number of hydrogen-bond acceptors (Lipinski definition) is 5. The fraction of sp³-hybridized carbons (Fsp3) is 0.409. The zero-order chi connectivity index (χ0) is 20.0. The third kappa shape index (κ3) is 3.15. The molecule has 0 N–H and O–H groups in total. The SMILES string of the molecule is Cn1c(=O)c(C(=O)N2CCc3oc(C4CCOCC4)nc3C2)cc2ccccc21. The number of benzene rings is 1. The van der Waals surface area contributed by atoms with E-state index < -0.39 is 0 Å². The zero-order valence-electron chi connectivity index (χ0n) is 16.4. The predicted octanol–water partition coefficient (Wildman–Crippen LogP) is 2.62. The normalized spacial score (nSPS) is 17.5. The third-order valence-corrected chi connectivity index (χ3v) is 5.97. The van der Waals surface area contributed by atoms with Crippen molar-refractivity contribution in [2.45, 2.75) is 31.7 Å². The Morgan fingerprint density at radius 2 is 2.00 bits per heavy atom. The van der Waals surface area contributed by atoms with Gasteiger partial charge in [0.15, 0.2) is 5.89 Å². The van der Waals surface area contributed by atoms with Crippen LogP contribution in [-0.4, -0.2) is 40.1 Å². The van der Waals surface area contributed by atoms with Crippen molar-refractivity contribution in [1.82, 2.24) is 14.5 Å². The summed E-state index contributed by atoms with van der Waals surface area (Å²) in [6, 6.07) is 9.28. The van der Waals surface area contributed by atoms with Gasteiger partial charge in [-0.2, -0.15) is 0 Å². The first-order valence-corrected chi connectivity index (χ1v) is 10.1. The van der Waals surface area contributed by atoms with Crippen LogP contribution in [0.3, 0.4) is 0 Å². The van der Waals surface area contributed by atoms with Gasteiger partial charge >= 0.3 is 0 Å². The summed E-state index contributed by atoms with van der Waals surface area (Å²) in [6.07, 6.45) is 2.44. The van der Waals surface area contributed by atoms with Gasteiger partial charge in [0.05, 0.1) is 12.1 Å². The first-order valence-electron chi connectivity index (χ1n) is 10.1. The van der Waals surface area contributed by atoms with Crippen LogP contribution in [0.1, 0.15) is 46.5 Å². The van der Waals surface area contributed by atoms with E-state index in [4.69, 9.17) is 14.1 Å². The molecule has 0 saturated carbocycles. The Labute approximate surface area is 167 Å². The van der Waals surface area contributed by atoms with Crippen LogP contribution in [0.5, 0.6) is 0 Å². The number of carbonyl (C=O) groups is 1. The number of amides is 1. The van der Waals surface area contributed by atoms with Crippen molar-refractivity contribution < 1.29 is 13.9 Å². The molecule has 150 valence electrons. The number of nitrogens with zero attached hydrogens (tertiary/aromatic N) is 3. The van der Waals surface area contributed by atoms with Gasteiger partial charge in [-0.1, -0.05) is 18.2 Å². The molecule has 29 heavy (non-hydrogen) atoms. The van der Waals surface area contributed by atoms with Gasteiger partial charge in [0.25, 0.3) is 11.5 Å². The molecule has 4 heterocycles. The number of aromatic nitrogens is 2. The molecule has 2 aromatic heterocycles. The Balaban J connectivity index is 1.42. The molecule has 1 aromatic carbocycles. The molecule has 0 aliphatic carbocycles. The molecule has 0 bridgehead atoms. The summed E-state index contributed by atoms with van der Waals surface area (Å²) in [7, 11) is 1.70. The summed E-state index contributed by atoms with van der Waals surface area (Å²) in [5, 5.41) is 0.874. The van der Waals surface area contributed by atoms with Gasteiger partial charge in [-0.3, -0.25) is 9.59 Å². The van der Waals surface area contributed by atoms with Crippen molar-refractivity contribution in [3.05, 3.63) is 63.6 Å². The van der Waals surface area contributed by atoms with Crippen LogP contribution in [-0.2, 0) is 24.8 Å². The lowest BCUT2D eigenvalue weighted by Gasteiger charge is -2.25. The summed E-state index contributed by atoms with van der Waals surface area (Å²) < 4.78 is 13.0. The molecule has 5 rings (SSSR count). The van der Waals surface area contributed by atoms with Gasteiger partial charge < -0.3 is 18.6 Å². The van der Waals surface area contributed by atoms with Gasteiger partial charge in [-0.25, -0.2) is 4.98 Å². The number of hydrogen-bond donors (Lipinski definition) is 0. The van der Waals surface area contributed by atoms with Crippen molar-refractivity contribution >= 4 is 16.8 Å². The van der Waals surface area contributed by atoms with E-state index in [1.807, 2.05) is 24.3 Å². The molecule has 1 saturated heterocycles. The number of para-hydroxylation sites is 1. The van der Waals surface area contributed by atoms with Crippen LogP contribution in [0, 0.1) is 0 Å². The maximum atomic E-state index is 13.2. The van der Waals surface area contributed by atoms with Crippen LogP contribution in [0.2, 0.25) is 0 Å². The second-order valence-corrected chi connectivity index (χ2v) is 7.77. The number of pyridine rings is 1. The van der Waals surface area contributed by atoms with E-state index in [2.05, 4.69) is 0 Å². The molecule has 7 heteroatoms. The standard InChI is InChI=1S/C22H23N3O4/c1-24-18-5-3-2-4-15(18)12-16(21(24)26)22(27)25-9-6-19-17(13-25)23-20(29-19)14-7-10-28-11-8-14/h2-5,12,14H,6-11,13H2,1H3. The smallest absolute Gasteiger partial charge is 0.263 e. The molecular weight excluding hydrogens is 370 g/mol. The molecule has 0 radical (unpaired) electrons. The van der Waals surface area contributed by atoms with Crippen LogP contribution in [0.15, 0.2) is 39.5 Å². The first kappa shape index (κ1) is 18.1. The number of fused-ring (bicyclic) bond motifs is 2. The molecule has 3 aromatic rings. The average molecular weight is 393 g/mol. The minimum atomic E-state index is -0.275. The van der Waals surface area contributed by atoms with E-state index in [1.54, 1.807) is 18.0 Å². The molecule has 2 aliphatic heterocycles. The Kier molecular flexibility index (Phi) is 4.47. The monoisotopic (exact) mass is 393 g/mol. The predicted molar refractivity (Wildman–Crippen MR) is 107 cm³/mol. The second-order valence-electron chi connectivity index (χ2n) is 7.77. The van der Waals surface area contributed by atoms with E-state index in [0.29, 0.717) is 19.5 Å². The highest BCUT2D eigenvalue weighted by Gasteiger charge is 2.30. The Morgan fingerprint density at radius 3 is 2.83 bits per heavy atom. The summed E-state index contributed by atoms with van der Waals surface area (Å²) in [5.41, 5.74) is 1.54. The molecule has 1 fully saturated rings. The topological polar surface area (TPSA) is 77.6 Å². The molecule has 1 amide bonds. The van der Waals surface area contributed by atoms with Crippen molar-refractivity contribution in [2.75, 3.05) is 19.8 Å². The number of rotatable bonds is 2. The lowest BCUT2D eigenvalue weighted by Crippen LogP contribution is -2.39. The van der Waals surface area contributed by atoms with Crippen LogP contribution < -0.4 is 5.56 Å². The maximum Gasteiger partial charge on any atom is 0.263 e. The second kappa shape index (κ2) is 7.15. The van der Waals surface area contributed by atoms with Crippen molar-refractivity contribution in [1.29, 1.82) is 0 Å². The quantitative estimate of drug-likeness (QED) is 0.669. The number of ether oxygens (including phenoxy) is 1. The Hall–Kier alpha value is -2.93. The highest BCUT2D eigenvalue weighted by atomic mass is 16.5. The van der Waals surface area contributed by atoms with E-state index in [-0.39, 0.29) is 22.9 Å². The summed E-state index contributed by atoms with van der Waals surface area (Å²) >= 11 is 0. The summed E-state index contributed by atoms with van der Waals surface area (Å²) in [5.74, 6) is 1.65. The zero-order valence-corrected chi connectivity index (χ0v) is 16.4. The van der Waals surface area contributed by atoms with Gasteiger partial charge in [0, 0.05) is 39.1 Å². The fourth-order valence-electron chi connectivity index (χ4n) is 4.26. The Morgan fingerprint density at radius 1 is 1.21 bits per heavy atom. The van der Waals surface area contributed by atoms with E-state index in [1.165, 1.54) is 4.57 Å². The first-order chi connectivity index (χ1) is 14.1. The van der Waals surface area contributed by atoms with E-state index in [9.17, 15) is 9.59 Å². The van der Waals surface area contributed by atoms with Crippen LogP contribution >= 0.6 is 0 Å². The van der Waals surface area contributed by atoms with Gasteiger partial charge in [0.1, 0.15) is 17.0 Å². The molecular formula is C22H23N3O4. The maximum absolute atomic E-state index is 13.2. The summed E-state index contributed by atoms with van der Waals surface area (Å²) in [6.45, 7) is 2.35. The fourth-order valence-corrected chi connectivity index (χ4v) is 4.26. The number of aryl methyl sites for hydroxylation is 1.